The Bertz CT molecular complexity index is 171. The standard InChI is InChI=1S/C9H20N2OS/c1-9(2,7-10)8(12)11(3)5-6-13-4/h5-7,10H2,1-4H3. The van der Waals surface area contributed by atoms with Crippen LogP contribution in [0.15, 0.2) is 0 Å². The molecule has 3 nitrogen and oxygen atoms in total. The van der Waals surface area contributed by atoms with E-state index in [0.717, 1.165) is 12.3 Å². The van der Waals surface area contributed by atoms with Crippen LogP contribution in [0.5, 0.6) is 0 Å². The summed E-state index contributed by atoms with van der Waals surface area (Å²) in [6.45, 7) is 4.95. The van der Waals surface area contributed by atoms with Gasteiger partial charge in [-0.1, -0.05) is 0 Å². The number of nitrogens with zero attached hydrogens (tertiary/aromatic N) is 1. The van der Waals surface area contributed by atoms with Crippen LogP contribution in [-0.2, 0) is 4.79 Å². The third kappa shape index (κ3) is 4.00. The monoisotopic (exact) mass is 204 g/mol. The summed E-state index contributed by atoms with van der Waals surface area (Å²) in [5.41, 5.74) is 5.10. The number of nitrogens with two attached hydrogens (primary N) is 1. The summed E-state index contributed by atoms with van der Waals surface area (Å²) >= 11 is 1.74. The lowest BCUT2D eigenvalue weighted by Crippen LogP contribution is -2.43. The Labute approximate surface area is 85.0 Å². The molecule has 0 aliphatic heterocycles. The van der Waals surface area contributed by atoms with Crippen molar-refractivity contribution in [1.29, 1.82) is 0 Å². The highest BCUT2D eigenvalue weighted by atomic mass is 32.2. The molecule has 0 unspecified atom stereocenters. The van der Waals surface area contributed by atoms with Gasteiger partial charge >= 0.3 is 0 Å². The fraction of sp³-hybridized carbons (Fsp3) is 0.889. The van der Waals surface area contributed by atoms with E-state index in [0.29, 0.717) is 6.54 Å². The predicted molar refractivity (Wildman–Crippen MR) is 58.9 cm³/mol. The molecule has 0 heterocycles. The predicted octanol–water partition coefficient (Wildman–Crippen LogP) is 0.793. The van der Waals surface area contributed by atoms with Crippen molar-refractivity contribution in [2.24, 2.45) is 11.1 Å². The van der Waals surface area contributed by atoms with Crippen molar-refractivity contribution < 1.29 is 4.79 Å². The molecule has 0 saturated heterocycles. The highest BCUT2D eigenvalue weighted by Crippen LogP contribution is 2.15. The highest BCUT2D eigenvalue weighted by molar-refractivity contribution is 7.98. The van der Waals surface area contributed by atoms with E-state index >= 15 is 0 Å². The number of carbonyl (C=O) groups excluding carboxylic acids is 1. The van der Waals surface area contributed by atoms with Crippen LogP contribution >= 0.6 is 11.8 Å². The van der Waals surface area contributed by atoms with E-state index in [9.17, 15) is 4.79 Å². The fourth-order valence-electron chi connectivity index (χ4n) is 0.934. The molecule has 0 bridgehead atoms. The molecule has 0 rings (SSSR count). The van der Waals surface area contributed by atoms with Crippen molar-refractivity contribution >= 4 is 17.7 Å². The van der Waals surface area contributed by atoms with Crippen molar-refractivity contribution in [3.05, 3.63) is 0 Å². The fourth-order valence-corrected chi connectivity index (χ4v) is 1.39. The lowest BCUT2D eigenvalue weighted by atomic mass is 9.92. The van der Waals surface area contributed by atoms with Crippen molar-refractivity contribution in [2.45, 2.75) is 13.8 Å². The second-order valence-corrected chi connectivity index (χ2v) is 4.79. The summed E-state index contributed by atoms with van der Waals surface area (Å²) in [4.78, 5) is 13.5. The molecular formula is C9H20N2OS. The highest BCUT2D eigenvalue weighted by Gasteiger charge is 2.28. The molecular weight excluding hydrogens is 184 g/mol. The summed E-state index contributed by atoms with van der Waals surface area (Å²) in [5.74, 6) is 1.10. The van der Waals surface area contributed by atoms with Crippen molar-refractivity contribution in [3.8, 4) is 0 Å². The van der Waals surface area contributed by atoms with Crippen LogP contribution in [0, 0.1) is 5.41 Å². The summed E-state index contributed by atoms with van der Waals surface area (Å²) in [6, 6.07) is 0. The van der Waals surface area contributed by atoms with Crippen LogP contribution in [0.1, 0.15) is 13.8 Å². The molecule has 0 saturated carbocycles. The second-order valence-electron chi connectivity index (χ2n) is 3.81. The quantitative estimate of drug-likeness (QED) is 0.720. The first-order chi connectivity index (χ1) is 5.95. The van der Waals surface area contributed by atoms with Gasteiger partial charge in [0.2, 0.25) is 5.91 Å². The Balaban J connectivity index is 4.09. The molecule has 1 amide bonds. The van der Waals surface area contributed by atoms with Crippen LogP contribution in [0.25, 0.3) is 0 Å². The van der Waals surface area contributed by atoms with Crippen LogP contribution in [0.3, 0.4) is 0 Å². The molecule has 13 heavy (non-hydrogen) atoms. The lowest BCUT2D eigenvalue weighted by molar-refractivity contribution is -0.138. The Morgan fingerprint density at radius 2 is 2.08 bits per heavy atom. The maximum atomic E-state index is 11.7. The lowest BCUT2D eigenvalue weighted by Gasteiger charge is -2.27. The molecule has 0 aromatic carbocycles. The summed E-state index contributed by atoms with van der Waals surface area (Å²) < 4.78 is 0. The van der Waals surface area contributed by atoms with Crippen LogP contribution in [-0.4, -0.2) is 43.0 Å². The van der Waals surface area contributed by atoms with E-state index in [2.05, 4.69) is 0 Å². The SMILES string of the molecule is CSCCN(C)C(=O)C(C)(C)CN. The Morgan fingerprint density at radius 1 is 1.54 bits per heavy atom. The van der Waals surface area contributed by atoms with Gasteiger partial charge in [0.25, 0.3) is 0 Å². The van der Waals surface area contributed by atoms with Gasteiger partial charge in [-0.2, -0.15) is 11.8 Å². The smallest absolute Gasteiger partial charge is 0.229 e. The molecule has 0 spiro atoms. The molecule has 0 aromatic rings. The van der Waals surface area contributed by atoms with Crippen LogP contribution < -0.4 is 5.73 Å². The van der Waals surface area contributed by atoms with Gasteiger partial charge in [0.1, 0.15) is 0 Å². The van der Waals surface area contributed by atoms with Gasteiger partial charge in [0, 0.05) is 25.9 Å². The average Bonchev–Trinajstić information content (AvgIpc) is 2.12. The maximum Gasteiger partial charge on any atom is 0.229 e. The van der Waals surface area contributed by atoms with Gasteiger partial charge in [0.15, 0.2) is 0 Å². The number of hydrogen-bond donors (Lipinski definition) is 1. The first kappa shape index (κ1) is 12.8. The molecule has 0 aliphatic rings. The summed E-state index contributed by atoms with van der Waals surface area (Å²) in [5, 5.41) is 0. The van der Waals surface area contributed by atoms with E-state index in [1.807, 2.05) is 27.2 Å². The molecule has 78 valence electrons. The van der Waals surface area contributed by atoms with E-state index in [1.165, 1.54) is 0 Å². The Hall–Kier alpha value is -0.220. The van der Waals surface area contributed by atoms with Gasteiger partial charge < -0.3 is 10.6 Å². The van der Waals surface area contributed by atoms with Gasteiger partial charge in [-0.05, 0) is 20.1 Å². The molecule has 2 N–H and O–H groups in total. The Kier molecular flexibility index (Phi) is 5.40. The maximum absolute atomic E-state index is 11.7. The van der Waals surface area contributed by atoms with Gasteiger partial charge in [-0.15, -0.1) is 0 Å². The number of hydrogen-bond acceptors (Lipinski definition) is 3. The normalized spacial score (nSPS) is 11.5. The molecule has 0 atom stereocenters. The van der Waals surface area contributed by atoms with Gasteiger partial charge in [-0.3, -0.25) is 4.79 Å². The minimum Gasteiger partial charge on any atom is -0.344 e. The zero-order valence-electron chi connectivity index (χ0n) is 8.96. The first-order valence-electron chi connectivity index (χ1n) is 4.40. The third-order valence-electron chi connectivity index (χ3n) is 2.07. The van der Waals surface area contributed by atoms with Crippen molar-refractivity contribution in [3.63, 3.8) is 0 Å². The second kappa shape index (κ2) is 5.50. The minimum absolute atomic E-state index is 0.129. The van der Waals surface area contributed by atoms with E-state index < -0.39 is 5.41 Å². The van der Waals surface area contributed by atoms with E-state index in [1.54, 1.807) is 16.7 Å². The Morgan fingerprint density at radius 3 is 2.46 bits per heavy atom. The van der Waals surface area contributed by atoms with Crippen molar-refractivity contribution in [2.75, 3.05) is 32.1 Å². The van der Waals surface area contributed by atoms with Crippen molar-refractivity contribution in [1.82, 2.24) is 4.90 Å². The first-order valence-corrected chi connectivity index (χ1v) is 5.79. The van der Waals surface area contributed by atoms with Crippen LogP contribution in [0.4, 0.5) is 0 Å². The van der Waals surface area contributed by atoms with E-state index in [4.69, 9.17) is 5.73 Å². The zero-order valence-corrected chi connectivity index (χ0v) is 9.78. The third-order valence-corrected chi connectivity index (χ3v) is 2.66. The molecule has 4 heteroatoms. The molecule has 0 aliphatic carbocycles. The summed E-state index contributed by atoms with van der Waals surface area (Å²) in [6.07, 6.45) is 2.03. The summed E-state index contributed by atoms with van der Waals surface area (Å²) in [7, 11) is 1.83. The van der Waals surface area contributed by atoms with Gasteiger partial charge in [-0.25, -0.2) is 0 Å². The van der Waals surface area contributed by atoms with Gasteiger partial charge in [0.05, 0.1) is 5.41 Å². The minimum atomic E-state index is -0.423. The molecule has 0 aromatic heterocycles. The zero-order chi connectivity index (χ0) is 10.5. The topological polar surface area (TPSA) is 46.3 Å². The number of carbonyl (C=O) groups is 1. The largest absolute Gasteiger partial charge is 0.344 e. The van der Waals surface area contributed by atoms with E-state index in [-0.39, 0.29) is 5.91 Å². The number of thioether (sulfide) groups is 1. The molecule has 0 radical (unpaired) electrons. The number of amides is 1. The molecule has 0 fully saturated rings. The van der Waals surface area contributed by atoms with Crippen LogP contribution in [0.2, 0.25) is 0 Å². The number of rotatable bonds is 5. The average molecular weight is 204 g/mol.